The maximum absolute atomic E-state index is 12.3. The van der Waals surface area contributed by atoms with Gasteiger partial charge in [0.2, 0.25) is 5.91 Å². The Morgan fingerprint density at radius 1 is 1.21 bits per heavy atom. The highest BCUT2D eigenvalue weighted by Gasteiger charge is 2.10. The van der Waals surface area contributed by atoms with Crippen LogP contribution in [0.1, 0.15) is 0 Å². The molecule has 5 nitrogen and oxygen atoms in total. The van der Waals surface area contributed by atoms with Crippen molar-refractivity contribution >= 4 is 50.2 Å². The first-order valence-corrected chi connectivity index (χ1v) is 8.96. The standard InChI is InChI=1S/C17H14BrN3O2S/c1-21-16(23)13-4-2-3-5-14(13)20-17(21)24-10-15(22)19-12-8-6-11(18)7-9-12/h2-9H,10H2,1H3,(H,19,22). The van der Waals surface area contributed by atoms with Gasteiger partial charge < -0.3 is 5.32 Å². The predicted octanol–water partition coefficient (Wildman–Crippen LogP) is 3.43. The fraction of sp³-hybridized carbons (Fsp3) is 0.118. The van der Waals surface area contributed by atoms with Crippen molar-refractivity contribution in [2.45, 2.75) is 5.16 Å². The number of anilines is 1. The molecule has 24 heavy (non-hydrogen) atoms. The molecule has 1 N–H and O–H groups in total. The molecule has 0 aliphatic rings. The molecule has 1 aromatic heterocycles. The van der Waals surface area contributed by atoms with Crippen LogP contribution in [0.2, 0.25) is 0 Å². The number of benzene rings is 2. The summed E-state index contributed by atoms with van der Waals surface area (Å²) in [5.74, 6) is 0.0269. The Bertz CT molecular complexity index is 954. The zero-order chi connectivity index (χ0) is 17.1. The van der Waals surface area contributed by atoms with Gasteiger partial charge in [-0.15, -0.1) is 0 Å². The van der Waals surface area contributed by atoms with Gasteiger partial charge in [0.05, 0.1) is 16.7 Å². The summed E-state index contributed by atoms with van der Waals surface area (Å²) < 4.78 is 2.42. The minimum absolute atomic E-state index is 0.114. The van der Waals surface area contributed by atoms with Gasteiger partial charge >= 0.3 is 0 Å². The van der Waals surface area contributed by atoms with Gasteiger partial charge in [0, 0.05) is 17.2 Å². The summed E-state index contributed by atoms with van der Waals surface area (Å²) in [4.78, 5) is 28.9. The van der Waals surface area contributed by atoms with Crippen LogP contribution in [0.15, 0.2) is 63.0 Å². The van der Waals surface area contributed by atoms with Crippen molar-refractivity contribution in [1.29, 1.82) is 0 Å². The molecular formula is C17H14BrN3O2S. The average Bonchev–Trinajstić information content (AvgIpc) is 2.59. The second kappa shape index (κ2) is 7.19. The third-order valence-corrected chi connectivity index (χ3v) is 4.96. The molecule has 3 rings (SSSR count). The van der Waals surface area contributed by atoms with Crippen LogP contribution in [0.5, 0.6) is 0 Å². The van der Waals surface area contributed by atoms with E-state index < -0.39 is 0 Å². The Balaban J connectivity index is 1.73. The molecule has 3 aromatic rings. The number of para-hydroxylation sites is 1. The highest BCUT2D eigenvalue weighted by atomic mass is 79.9. The maximum atomic E-state index is 12.3. The van der Waals surface area contributed by atoms with E-state index in [4.69, 9.17) is 0 Å². The van der Waals surface area contributed by atoms with Crippen LogP contribution in [0.25, 0.3) is 10.9 Å². The normalized spacial score (nSPS) is 10.8. The van der Waals surface area contributed by atoms with E-state index >= 15 is 0 Å². The van der Waals surface area contributed by atoms with E-state index in [2.05, 4.69) is 26.2 Å². The van der Waals surface area contributed by atoms with E-state index in [-0.39, 0.29) is 17.2 Å². The lowest BCUT2D eigenvalue weighted by Crippen LogP contribution is -2.21. The van der Waals surface area contributed by atoms with E-state index in [1.54, 1.807) is 19.2 Å². The first-order chi connectivity index (χ1) is 11.5. The number of halogens is 1. The van der Waals surface area contributed by atoms with E-state index in [0.29, 0.717) is 16.1 Å². The minimum Gasteiger partial charge on any atom is -0.325 e. The van der Waals surface area contributed by atoms with Crippen molar-refractivity contribution in [3.05, 3.63) is 63.4 Å². The quantitative estimate of drug-likeness (QED) is 0.535. The van der Waals surface area contributed by atoms with Gasteiger partial charge in [0.15, 0.2) is 5.16 Å². The van der Waals surface area contributed by atoms with Crippen molar-refractivity contribution < 1.29 is 4.79 Å². The van der Waals surface area contributed by atoms with Gasteiger partial charge in [-0.2, -0.15) is 0 Å². The molecule has 1 heterocycles. The minimum atomic E-state index is -0.148. The molecule has 0 aliphatic heterocycles. The SMILES string of the molecule is Cn1c(SCC(=O)Nc2ccc(Br)cc2)nc2ccccc2c1=O. The van der Waals surface area contributed by atoms with Crippen LogP contribution in [-0.2, 0) is 11.8 Å². The van der Waals surface area contributed by atoms with Crippen molar-refractivity contribution in [3.63, 3.8) is 0 Å². The number of nitrogens with zero attached hydrogens (tertiary/aromatic N) is 2. The number of amides is 1. The molecule has 0 atom stereocenters. The Kier molecular flexibility index (Phi) is 5.01. The molecule has 0 aliphatic carbocycles. The summed E-state index contributed by atoms with van der Waals surface area (Å²) in [5.41, 5.74) is 1.25. The molecule has 2 aromatic carbocycles. The number of rotatable bonds is 4. The first-order valence-electron chi connectivity index (χ1n) is 7.18. The van der Waals surface area contributed by atoms with Gasteiger partial charge in [0.25, 0.3) is 5.56 Å². The predicted molar refractivity (Wildman–Crippen MR) is 100 cm³/mol. The lowest BCUT2D eigenvalue weighted by molar-refractivity contribution is -0.113. The van der Waals surface area contributed by atoms with Gasteiger partial charge in [-0.3, -0.25) is 14.2 Å². The summed E-state index contributed by atoms with van der Waals surface area (Å²) >= 11 is 4.59. The summed E-state index contributed by atoms with van der Waals surface area (Å²) in [7, 11) is 1.66. The van der Waals surface area contributed by atoms with E-state index in [1.807, 2.05) is 36.4 Å². The molecule has 0 saturated heterocycles. The Hall–Kier alpha value is -2.12. The lowest BCUT2D eigenvalue weighted by Gasteiger charge is -2.09. The molecule has 0 radical (unpaired) electrons. The highest BCUT2D eigenvalue weighted by Crippen LogP contribution is 2.18. The smallest absolute Gasteiger partial charge is 0.261 e. The number of thioether (sulfide) groups is 1. The molecule has 0 spiro atoms. The van der Waals surface area contributed by atoms with Crippen LogP contribution in [0.4, 0.5) is 5.69 Å². The van der Waals surface area contributed by atoms with Crippen LogP contribution in [0.3, 0.4) is 0 Å². The second-order valence-electron chi connectivity index (χ2n) is 5.12. The fourth-order valence-electron chi connectivity index (χ4n) is 2.19. The maximum Gasteiger partial charge on any atom is 0.261 e. The highest BCUT2D eigenvalue weighted by molar-refractivity contribution is 9.10. The zero-order valence-electron chi connectivity index (χ0n) is 12.8. The Morgan fingerprint density at radius 2 is 1.92 bits per heavy atom. The summed E-state index contributed by atoms with van der Waals surface area (Å²) in [6, 6.07) is 14.5. The molecule has 122 valence electrons. The first kappa shape index (κ1) is 16.7. The third-order valence-electron chi connectivity index (χ3n) is 3.40. The number of carbonyl (C=O) groups excluding carboxylic acids is 1. The summed E-state index contributed by atoms with van der Waals surface area (Å²) in [6.07, 6.45) is 0. The third kappa shape index (κ3) is 3.68. The molecule has 0 saturated carbocycles. The van der Waals surface area contributed by atoms with Crippen LogP contribution < -0.4 is 10.9 Å². The summed E-state index contributed by atoms with van der Waals surface area (Å²) in [5, 5.41) is 3.91. The van der Waals surface area contributed by atoms with Crippen LogP contribution in [-0.4, -0.2) is 21.2 Å². The Labute approximate surface area is 151 Å². The lowest BCUT2D eigenvalue weighted by atomic mass is 10.2. The van der Waals surface area contributed by atoms with Gasteiger partial charge in [0.1, 0.15) is 0 Å². The summed E-state index contributed by atoms with van der Waals surface area (Å²) in [6.45, 7) is 0. The topological polar surface area (TPSA) is 64.0 Å². The van der Waals surface area contributed by atoms with Crippen LogP contribution >= 0.6 is 27.7 Å². The van der Waals surface area contributed by atoms with E-state index in [0.717, 1.165) is 10.2 Å². The van der Waals surface area contributed by atoms with Crippen molar-refractivity contribution in [2.75, 3.05) is 11.1 Å². The molecule has 0 fully saturated rings. The second-order valence-corrected chi connectivity index (χ2v) is 6.98. The van der Waals surface area contributed by atoms with Gasteiger partial charge in [-0.1, -0.05) is 39.8 Å². The van der Waals surface area contributed by atoms with Crippen molar-refractivity contribution in [1.82, 2.24) is 9.55 Å². The monoisotopic (exact) mass is 403 g/mol. The molecule has 0 unspecified atom stereocenters. The number of aromatic nitrogens is 2. The Morgan fingerprint density at radius 3 is 2.67 bits per heavy atom. The molecule has 1 amide bonds. The molecule has 7 heteroatoms. The zero-order valence-corrected chi connectivity index (χ0v) is 15.2. The van der Waals surface area contributed by atoms with Gasteiger partial charge in [-0.05, 0) is 36.4 Å². The van der Waals surface area contributed by atoms with Crippen LogP contribution in [0, 0.1) is 0 Å². The van der Waals surface area contributed by atoms with Crippen molar-refractivity contribution in [2.24, 2.45) is 7.05 Å². The van der Waals surface area contributed by atoms with Crippen molar-refractivity contribution in [3.8, 4) is 0 Å². The number of carbonyl (C=O) groups is 1. The largest absolute Gasteiger partial charge is 0.325 e. The number of hydrogen-bond donors (Lipinski definition) is 1. The van der Waals surface area contributed by atoms with E-state index in [9.17, 15) is 9.59 Å². The number of fused-ring (bicyclic) bond motifs is 1. The van der Waals surface area contributed by atoms with Gasteiger partial charge in [-0.25, -0.2) is 4.98 Å². The van der Waals surface area contributed by atoms with E-state index in [1.165, 1.54) is 16.3 Å². The molecular weight excluding hydrogens is 390 g/mol. The molecule has 0 bridgehead atoms. The number of nitrogens with one attached hydrogen (secondary N) is 1. The fourth-order valence-corrected chi connectivity index (χ4v) is 3.22. The average molecular weight is 404 g/mol. The number of hydrogen-bond acceptors (Lipinski definition) is 4.